The van der Waals surface area contributed by atoms with Crippen molar-refractivity contribution in [1.29, 1.82) is 0 Å². The molecular weight excluding hydrogens is 304 g/mol. The molecule has 0 atom stereocenters. The molecule has 19 heavy (non-hydrogen) atoms. The Labute approximate surface area is 107 Å². The third-order valence-corrected chi connectivity index (χ3v) is 2.22. The quantitative estimate of drug-likeness (QED) is 0.487. The minimum atomic E-state index is -5.16. The summed E-state index contributed by atoms with van der Waals surface area (Å²) in [7, 11) is 0. The molecule has 0 bridgehead atoms. The fraction of sp³-hybridized carbons (Fsp3) is 0.333. The van der Waals surface area contributed by atoms with Gasteiger partial charge in [-0.3, -0.25) is 4.79 Å². The van der Waals surface area contributed by atoms with Crippen molar-refractivity contribution >= 4 is 17.9 Å². The molecule has 0 aliphatic carbocycles. The topological polar surface area (TPSA) is 39.2 Å². The van der Waals surface area contributed by atoms with Crippen LogP contribution in [0.15, 0.2) is 6.20 Å². The number of pyridine rings is 1. The lowest BCUT2D eigenvalue weighted by molar-refractivity contribution is -0.276. The summed E-state index contributed by atoms with van der Waals surface area (Å²) in [6, 6.07) is 0. The van der Waals surface area contributed by atoms with Crippen LogP contribution >= 0.6 is 11.6 Å². The zero-order valence-corrected chi connectivity index (χ0v) is 9.53. The largest absolute Gasteiger partial charge is 0.574 e. The smallest absolute Gasteiger partial charge is 0.388 e. The second kappa shape index (κ2) is 5.24. The molecule has 0 saturated carbocycles. The number of nitrogens with zero attached hydrogens (tertiary/aromatic N) is 1. The van der Waals surface area contributed by atoms with Gasteiger partial charge in [0.1, 0.15) is 0 Å². The Balaban J connectivity index is 3.43. The number of carbonyl (C=O) groups excluding carboxylic acids is 1. The average molecular weight is 308 g/mol. The number of ether oxygens (including phenoxy) is 1. The fourth-order valence-electron chi connectivity index (χ4n) is 1.24. The van der Waals surface area contributed by atoms with Crippen molar-refractivity contribution in [1.82, 2.24) is 4.98 Å². The molecule has 1 heterocycles. The highest BCUT2D eigenvalue weighted by atomic mass is 35.5. The van der Waals surface area contributed by atoms with Crippen molar-refractivity contribution in [2.24, 2.45) is 0 Å². The molecule has 0 N–H and O–H groups in total. The van der Waals surface area contributed by atoms with Gasteiger partial charge in [0.05, 0.1) is 11.4 Å². The van der Waals surface area contributed by atoms with Gasteiger partial charge >= 0.3 is 12.5 Å². The van der Waals surface area contributed by atoms with Crippen LogP contribution in [0.1, 0.15) is 21.5 Å². The van der Waals surface area contributed by atoms with Gasteiger partial charge in [-0.1, -0.05) is 0 Å². The number of rotatable bonds is 3. The van der Waals surface area contributed by atoms with Crippen LogP contribution in [-0.2, 0) is 12.1 Å². The lowest BCUT2D eigenvalue weighted by Crippen LogP contribution is -2.21. The van der Waals surface area contributed by atoms with Crippen molar-refractivity contribution < 1.29 is 35.9 Å². The van der Waals surface area contributed by atoms with E-state index in [1.165, 1.54) is 0 Å². The van der Waals surface area contributed by atoms with Crippen molar-refractivity contribution in [3.8, 4) is 5.88 Å². The van der Waals surface area contributed by atoms with Crippen molar-refractivity contribution in [3.63, 3.8) is 0 Å². The Morgan fingerprint density at radius 2 is 1.84 bits per heavy atom. The third-order valence-electron chi connectivity index (χ3n) is 1.95. The number of halogens is 7. The molecule has 1 aromatic heterocycles. The SMILES string of the molecule is O=Cc1c(C(F)(F)F)cnc(OC(F)(F)F)c1CCl. The van der Waals surface area contributed by atoms with Crippen LogP contribution in [0.2, 0.25) is 0 Å². The van der Waals surface area contributed by atoms with Gasteiger partial charge in [-0.25, -0.2) is 4.98 Å². The van der Waals surface area contributed by atoms with Crippen LogP contribution in [0.3, 0.4) is 0 Å². The van der Waals surface area contributed by atoms with Gasteiger partial charge in [-0.2, -0.15) is 13.2 Å². The number of aromatic nitrogens is 1. The van der Waals surface area contributed by atoms with Gasteiger partial charge in [-0.05, 0) is 0 Å². The molecular formula is C9H4ClF6NO2. The van der Waals surface area contributed by atoms with E-state index in [1.807, 2.05) is 0 Å². The highest BCUT2D eigenvalue weighted by Gasteiger charge is 2.38. The Hall–Kier alpha value is -1.51. The van der Waals surface area contributed by atoms with Gasteiger partial charge < -0.3 is 4.74 Å². The van der Waals surface area contributed by atoms with Gasteiger partial charge in [0.2, 0.25) is 5.88 Å². The summed E-state index contributed by atoms with van der Waals surface area (Å²) in [5.74, 6) is -1.98. The number of aldehydes is 1. The Kier molecular flexibility index (Phi) is 4.28. The molecule has 3 nitrogen and oxygen atoms in total. The summed E-state index contributed by atoms with van der Waals surface area (Å²) in [6.07, 6.45) is -10.3. The fourth-order valence-corrected chi connectivity index (χ4v) is 1.49. The second-order valence-electron chi connectivity index (χ2n) is 3.17. The normalized spacial score (nSPS) is 12.4. The number of hydrogen-bond acceptors (Lipinski definition) is 3. The van der Waals surface area contributed by atoms with E-state index in [0.717, 1.165) is 0 Å². The van der Waals surface area contributed by atoms with Crippen LogP contribution in [0.4, 0.5) is 26.3 Å². The molecule has 0 aliphatic rings. The second-order valence-corrected chi connectivity index (χ2v) is 3.43. The van der Waals surface area contributed by atoms with E-state index in [1.54, 1.807) is 0 Å². The number of alkyl halides is 7. The van der Waals surface area contributed by atoms with E-state index in [9.17, 15) is 31.1 Å². The predicted octanol–water partition coefficient (Wildman–Crippen LogP) is 3.55. The zero-order chi connectivity index (χ0) is 14.8. The highest BCUT2D eigenvalue weighted by molar-refractivity contribution is 6.17. The molecule has 1 aromatic rings. The first-order chi connectivity index (χ1) is 8.60. The third kappa shape index (κ3) is 3.72. The summed E-state index contributed by atoms with van der Waals surface area (Å²) in [4.78, 5) is 13.6. The van der Waals surface area contributed by atoms with E-state index < -0.39 is 41.0 Å². The molecule has 106 valence electrons. The predicted molar refractivity (Wildman–Crippen MR) is 50.9 cm³/mol. The van der Waals surface area contributed by atoms with Crippen LogP contribution in [0.25, 0.3) is 0 Å². The molecule has 0 fully saturated rings. The molecule has 0 aliphatic heterocycles. The van der Waals surface area contributed by atoms with Gasteiger partial charge in [0.15, 0.2) is 6.29 Å². The standard InChI is InChI=1S/C9H4ClF6NO2/c10-1-4-5(3-18)6(8(11,12)13)2-17-7(4)19-9(14,15)16/h2-3H,1H2. The summed E-state index contributed by atoms with van der Waals surface area (Å²) < 4.78 is 77.0. The van der Waals surface area contributed by atoms with Crippen LogP contribution in [-0.4, -0.2) is 17.6 Å². The minimum Gasteiger partial charge on any atom is -0.388 e. The van der Waals surface area contributed by atoms with E-state index >= 15 is 0 Å². The number of carbonyl (C=O) groups is 1. The van der Waals surface area contributed by atoms with Gasteiger partial charge in [0.25, 0.3) is 0 Å². The average Bonchev–Trinajstić information content (AvgIpc) is 2.24. The first kappa shape index (κ1) is 15.5. The Bertz CT molecular complexity index is 485. The molecule has 0 spiro atoms. The van der Waals surface area contributed by atoms with Crippen LogP contribution in [0, 0.1) is 0 Å². The van der Waals surface area contributed by atoms with Crippen LogP contribution < -0.4 is 4.74 Å². The monoisotopic (exact) mass is 307 g/mol. The summed E-state index contributed by atoms with van der Waals surface area (Å²) in [6.45, 7) is 0. The van der Waals surface area contributed by atoms with E-state index in [4.69, 9.17) is 11.6 Å². The highest BCUT2D eigenvalue weighted by Crippen LogP contribution is 2.36. The minimum absolute atomic E-state index is 0.0842. The Morgan fingerprint density at radius 1 is 1.26 bits per heavy atom. The summed E-state index contributed by atoms with van der Waals surface area (Å²) in [5.41, 5.74) is -3.28. The van der Waals surface area contributed by atoms with E-state index in [0.29, 0.717) is 0 Å². The molecule has 0 saturated heterocycles. The van der Waals surface area contributed by atoms with E-state index in [2.05, 4.69) is 9.72 Å². The van der Waals surface area contributed by atoms with Gasteiger partial charge in [-0.15, -0.1) is 24.8 Å². The molecule has 1 rings (SSSR count). The van der Waals surface area contributed by atoms with E-state index in [-0.39, 0.29) is 12.5 Å². The van der Waals surface area contributed by atoms with Crippen LogP contribution in [0.5, 0.6) is 5.88 Å². The first-order valence-electron chi connectivity index (χ1n) is 4.46. The van der Waals surface area contributed by atoms with Crippen molar-refractivity contribution in [2.75, 3.05) is 0 Å². The lowest BCUT2D eigenvalue weighted by Gasteiger charge is -2.15. The summed E-state index contributed by atoms with van der Waals surface area (Å²) in [5, 5.41) is 0. The maximum atomic E-state index is 12.5. The molecule has 0 radical (unpaired) electrons. The molecule has 10 heteroatoms. The van der Waals surface area contributed by atoms with Crippen molar-refractivity contribution in [3.05, 3.63) is 22.9 Å². The molecule has 0 aromatic carbocycles. The lowest BCUT2D eigenvalue weighted by atomic mass is 10.1. The zero-order valence-electron chi connectivity index (χ0n) is 8.77. The maximum absolute atomic E-state index is 12.5. The number of hydrogen-bond donors (Lipinski definition) is 0. The van der Waals surface area contributed by atoms with Gasteiger partial charge in [0, 0.05) is 17.3 Å². The maximum Gasteiger partial charge on any atom is 0.574 e. The Morgan fingerprint density at radius 3 is 2.21 bits per heavy atom. The van der Waals surface area contributed by atoms with Crippen molar-refractivity contribution in [2.45, 2.75) is 18.4 Å². The molecule has 0 unspecified atom stereocenters. The first-order valence-corrected chi connectivity index (χ1v) is 4.99. The summed E-state index contributed by atoms with van der Waals surface area (Å²) >= 11 is 5.25. The molecule has 0 amide bonds.